The molecule has 2 atom stereocenters. The Bertz CT molecular complexity index is 608. The van der Waals surface area contributed by atoms with Gasteiger partial charge in [-0.1, -0.05) is 52.0 Å². The Hall–Kier alpha value is -1.26. The molecule has 0 amide bonds. The third kappa shape index (κ3) is 5.62. The van der Waals surface area contributed by atoms with Crippen LogP contribution >= 0.6 is 25.3 Å². The van der Waals surface area contributed by atoms with Crippen molar-refractivity contribution in [2.75, 3.05) is 13.2 Å². The molecule has 0 saturated heterocycles. The molecule has 0 N–H and O–H groups in total. The number of thiol groups is 2. The van der Waals surface area contributed by atoms with Gasteiger partial charge in [-0.2, -0.15) is 25.3 Å². The molecular formula is C22H30O2S2. The van der Waals surface area contributed by atoms with Crippen LogP contribution in [0.4, 0.5) is 0 Å². The first-order chi connectivity index (χ1) is 12.3. The van der Waals surface area contributed by atoms with Gasteiger partial charge in [0.2, 0.25) is 0 Å². The lowest BCUT2D eigenvalue weighted by atomic mass is 9.74. The van der Waals surface area contributed by atoms with E-state index < -0.39 is 0 Å². The van der Waals surface area contributed by atoms with Crippen LogP contribution in [-0.4, -0.2) is 23.7 Å². The largest absolute Gasteiger partial charge is 0.492 e. The van der Waals surface area contributed by atoms with Crippen molar-refractivity contribution in [3.63, 3.8) is 0 Å². The maximum absolute atomic E-state index is 5.74. The Kier molecular flexibility index (Phi) is 7.78. The summed E-state index contributed by atoms with van der Waals surface area (Å²) in [6.45, 7) is 9.77. The maximum Gasteiger partial charge on any atom is 0.119 e. The predicted molar refractivity (Wildman–Crippen MR) is 118 cm³/mol. The third-order valence-corrected chi connectivity index (χ3v) is 4.97. The van der Waals surface area contributed by atoms with Gasteiger partial charge in [-0.3, -0.25) is 0 Å². The molecule has 2 rings (SSSR count). The van der Waals surface area contributed by atoms with Gasteiger partial charge in [0.15, 0.2) is 0 Å². The van der Waals surface area contributed by atoms with Crippen molar-refractivity contribution in [1.82, 2.24) is 0 Å². The Morgan fingerprint density at radius 1 is 0.769 bits per heavy atom. The van der Waals surface area contributed by atoms with Crippen LogP contribution < -0.4 is 9.47 Å². The van der Waals surface area contributed by atoms with Gasteiger partial charge in [0.1, 0.15) is 11.5 Å². The van der Waals surface area contributed by atoms with Crippen molar-refractivity contribution in [3.8, 4) is 11.5 Å². The van der Waals surface area contributed by atoms with E-state index in [0.717, 1.165) is 17.9 Å². The van der Waals surface area contributed by atoms with Gasteiger partial charge in [0, 0.05) is 15.9 Å². The van der Waals surface area contributed by atoms with Crippen LogP contribution in [0, 0.1) is 0 Å². The second kappa shape index (κ2) is 9.61. The summed E-state index contributed by atoms with van der Waals surface area (Å²) in [7, 11) is 0. The standard InChI is InChI=1S/C22H30O2S2/c1-5-22(4,18-6-10-20(11-7-18)23-14-16(2)25)19-8-12-21(13-9-19)24-15-17(3)26/h6-13,16-17,25-26H,5,14-15H2,1-4H3. The Morgan fingerprint density at radius 2 is 1.12 bits per heavy atom. The van der Waals surface area contributed by atoms with E-state index in [4.69, 9.17) is 9.47 Å². The molecule has 2 aromatic carbocycles. The average Bonchev–Trinajstić information content (AvgIpc) is 2.65. The lowest BCUT2D eigenvalue weighted by molar-refractivity contribution is 0.322. The molecule has 142 valence electrons. The molecule has 26 heavy (non-hydrogen) atoms. The van der Waals surface area contributed by atoms with Gasteiger partial charge >= 0.3 is 0 Å². The highest BCUT2D eigenvalue weighted by atomic mass is 32.1. The highest BCUT2D eigenvalue weighted by Gasteiger charge is 2.27. The normalized spacial score (nSPS) is 15.8. The quantitative estimate of drug-likeness (QED) is 0.527. The Labute approximate surface area is 169 Å². The molecule has 0 spiro atoms. The zero-order valence-corrected chi connectivity index (χ0v) is 17.9. The van der Waals surface area contributed by atoms with Crippen LogP contribution in [0.1, 0.15) is 45.2 Å². The monoisotopic (exact) mass is 390 g/mol. The summed E-state index contributed by atoms with van der Waals surface area (Å²) in [6.07, 6.45) is 1.01. The van der Waals surface area contributed by atoms with Gasteiger partial charge in [-0.15, -0.1) is 0 Å². The van der Waals surface area contributed by atoms with Crippen molar-refractivity contribution >= 4 is 25.3 Å². The minimum Gasteiger partial charge on any atom is -0.492 e. The van der Waals surface area contributed by atoms with Crippen molar-refractivity contribution in [2.24, 2.45) is 0 Å². The van der Waals surface area contributed by atoms with Crippen LogP contribution in [-0.2, 0) is 5.41 Å². The van der Waals surface area contributed by atoms with E-state index in [2.05, 4.69) is 63.4 Å². The molecule has 0 fully saturated rings. The SMILES string of the molecule is CCC(C)(c1ccc(OCC(C)S)cc1)c1ccc(OCC(C)S)cc1. The summed E-state index contributed by atoms with van der Waals surface area (Å²) in [5.74, 6) is 1.77. The molecule has 4 heteroatoms. The zero-order valence-electron chi connectivity index (χ0n) is 16.1. The summed E-state index contributed by atoms with van der Waals surface area (Å²) in [5, 5.41) is 0.448. The zero-order chi connectivity index (χ0) is 19.2. The molecular weight excluding hydrogens is 360 g/mol. The first-order valence-corrected chi connectivity index (χ1v) is 10.2. The molecule has 0 aliphatic carbocycles. The Balaban J connectivity index is 2.16. The van der Waals surface area contributed by atoms with E-state index in [0.29, 0.717) is 13.2 Å². The fourth-order valence-electron chi connectivity index (χ4n) is 2.85. The molecule has 0 aliphatic heterocycles. The van der Waals surface area contributed by atoms with Gasteiger partial charge in [-0.25, -0.2) is 0 Å². The summed E-state index contributed by atoms with van der Waals surface area (Å²) in [4.78, 5) is 0. The summed E-state index contributed by atoms with van der Waals surface area (Å²) < 4.78 is 11.5. The maximum atomic E-state index is 5.74. The van der Waals surface area contributed by atoms with Crippen LogP contribution in [0.25, 0.3) is 0 Å². The predicted octanol–water partition coefficient (Wildman–Crippen LogP) is 5.80. The fourth-order valence-corrected chi connectivity index (χ4v) is 3.00. The van der Waals surface area contributed by atoms with Crippen LogP contribution in [0.15, 0.2) is 48.5 Å². The molecule has 2 aromatic rings. The van der Waals surface area contributed by atoms with E-state index in [1.54, 1.807) is 0 Å². The lowest BCUT2D eigenvalue weighted by Gasteiger charge is -2.30. The summed E-state index contributed by atoms with van der Waals surface area (Å²) in [6, 6.07) is 16.8. The van der Waals surface area contributed by atoms with Gasteiger partial charge < -0.3 is 9.47 Å². The van der Waals surface area contributed by atoms with E-state index in [9.17, 15) is 0 Å². The first-order valence-electron chi connectivity index (χ1n) is 9.18. The highest BCUT2D eigenvalue weighted by molar-refractivity contribution is 7.81. The van der Waals surface area contributed by atoms with E-state index in [-0.39, 0.29) is 15.9 Å². The number of ether oxygens (including phenoxy) is 2. The number of rotatable bonds is 9. The molecule has 0 aliphatic rings. The van der Waals surface area contributed by atoms with Crippen molar-refractivity contribution in [2.45, 2.75) is 50.0 Å². The third-order valence-electron chi connectivity index (χ3n) is 4.67. The first kappa shape index (κ1) is 21.0. The topological polar surface area (TPSA) is 18.5 Å². The van der Waals surface area contributed by atoms with E-state index >= 15 is 0 Å². The van der Waals surface area contributed by atoms with E-state index in [1.807, 2.05) is 38.1 Å². The minimum atomic E-state index is -0.0509. The second-order valence-corrected chi connectivity index (χ2v) is 8.82. The molecule has 0 saturated carbocycles. The molecule has 2 nitrogen and oxygen atoms in total. The molecule has 0 radical (unpaired) electrons. The molecule has 0 aromatic heterocycles. The van der Waals surface area contributed by atoms with Crippen LogP contribution in [0.3, 0.4) is 0 Å². The highest BCUT2D eigenvalue weighted by Crippen LogP contribution is 2.36. The smallest absolute Gasteiger partial charge is 0.119 e. The average molecular weight is 391 g/mol. The molecule has 2 unspecified atom stereocenters. The number of benzene rings is 2. The van der Waals surface area contributed by atoms with Gasteiger partial charge in [0.05, 0.1) is 13.2 Å². The fraction of sp³-hybridized carbons (Fsp3) is 0.455. The minimum absolute atomic E-state index is 0.0509. The second-order valence-electron chi connectivity index (χ2n) is 7.05. The van der Waals surface area contributed by atoms with Crippen LogP contribution in [0.2, 0.25) is 0 Å². The van der Waals surface area contributed by atoms with Crippen molar-refractivity contribution < 1.29 is 9.47 Å². The number of hydrogen-bond acceptors (Lipinski definition) is 4. The van der Waals surface area contributed by atoms with Crippen molar-refractivity contribution in [1.29, 1.82) is 0 Å². The van der Waals surface area contributed by atoms with Gasteiger partial charge in [-0.05, 0) is 41.8 Å². The molecule has 0 bridgehead atoms. The number of hydrogen-bond donors (Lipinski definition) is 2. The summed E-state index contributed by atoms with van der Waals surface area (Å²) in [5.41, 5.74) is 2.51. The Morgan fingerprint density at radius 3 is 1.38 bits per heavy atom. The molecule has 0 heterocycles. The summed E-state index contributed by atoms with van der Waals surface area (Å²) >= 11 is 8.70. The van der Waals surface area contributed by atoms with Gasteiger partial charge in [0.25, 0.3) is 0 Å². The van der Waals surface area contributed by atoms with E-state index in [1.165, 1.54) is 11.1 Å². The van der Waals surface area contributed by atoms with Crippen LogP contribution in [0.5, 0.6) is 11.5 Å². The van der Waals surface area contributed by atoms with Crippen molar-refractivity contribution in [3.05, 3.63) is 59.7 Å². The lowest BCUT2D eigenvalue weighted by Crippen LogP contribution is -2.22.